The van der Waals surface area contributed by atoms with Crippen LogP contribution in [0, 0.1) is 0 Å². The van der Waals surface area contributed by atoms with E-state index in [1.165, 1.54) is 12.8 Å². The second kappa shape index (κ2) is 4.36. The van der Waals surface area contributed by atoms with Crippen LogP contribution in [-0.2, 0) is 5.41 Å². The summed E-state index contributed by atoms with van der Waals surface area (Å²) < 4.78 is 0. The molecule has 0 amide bonds. The number of rotatable bonds is 1. The lowest BCUT2D eigenvalue weighted by atomic mass is 10.0. The fourth-order valence-electron chi connectivity index (χ4n) is 1.91. The molecule has 0 saturated heterocycles. The summed E-state index contributed by atoms with van der Waals surface area (Å²) in [5.41, 5.74) is 2.09. The molecule has 1 aliphatic carbocycles. The van der Waals surface area contributed by atoms with Gasteiger partial charge in [0.1, 0.15) is 11.3 Å². The molecular formula is C15H19NO. The van der Waals surface area contributed by atoms with Crippen molar-refractivity contribution in [3.8, 4) is 5.75 Å². The number of para-hydroxylation sites is 1. The summed E-state index contributed by atoms with van der Waals surface area (Å²) in [6.07, 6.45) is 2.41. The molecule has 1 aromatic carbocycles. The van der Waals surface area contributed by atoms with E-state index >= 15 is 0 Å². The first-order valence-corrected chi connectivity index (χ1v) is 6.28. The van der Waals surface area contributed by atoms with Crippen LogP contribution in [0.4, 0.5) is 0 Å². The monoisotopic (exact) mass is 229 g/mol. The summed E-state index contributed by atoms with van der Waals surface area (Å²) in [5.74, 6) is 0.276. The quantitative estimate of drug-likeness (QED) is 0.801. The average Bonchev–Trinajstić information content (AvgIpc) is 3.11. The first-order valence-electron chi connectivity index (χ1n) is 6.28. The zero-order valence-corrected chi connectivity index (χ0v) is 10.7. The normalized spacial score (nSPS) is 16.2. The van der Waals surface area contributed by atoms with Gasteiger partial charge in [-0.1, -0.05) is 39.0 Å². The van der Waals surface area contributed by atoms with E-state index < -0.39 is 0 Å². The van der Waals surface area contributed by atoms with Gasteiger partial charge in [0.25, 0.3) is 0 Å². The molecule has 1 aromatic heterocycles. The molecular weight excluding hydrogens is 210 g/mol. The third-order valence-electron chi connectivity index (χ3n) is 3.32. The number of hydrogen-bond acceptors (Lipinski definition) is 2. The number of phenolic OH excluding ortho intramolecular Hbond substituents is 1. The van der Waals surface area contributed by atoms with Crippen molar-refractivity contribution < 1.29 is 5.11 Å². The lowest BCUT2D eigenvalue weighted by molar-refractivity contribution is 0.480. The van der Waals surface area contributed by atoms with E-state index in [-0.39, 0.29) is 11.2 Å². The van der Waals surface area contributed by atoms with Gasteiger partial charge in [-0.15, -0.1) is 0 Å². The largest absolute Gasteiger partial charge is 0.506 e. The highest BCUT2D eigenvalue weighted by Gasteiger charge is 2.40. The highest BCUT2D eigenvalue weighted by molar-refractivity contribution is 5.84. The molecule has 1 heterocycles. The number of benzene rings is 1. The Labute approximate surface area is 102 Å². The predicted molar refractivity (Wildman–Crippen MR) is 71.3 cm³/mol. The summed E-state index contributed by atoms with van der Waals surface area (Å²) >= 11 is 0. The van der Waals surface area contributed by atoms with Crippen LogP contribution in [0.2, 0.25) is 0 Å². The van der Waals surface area contributed by atoms with E-state index in [1.807, 2.05) is 32.0 Å². The molecule has 1 saturated carbocycles. The van der Waals surface area contributed by atoms with Gasteiger partial charge in [0.2, 0.25) is 0 Å². The SMILES string of the molecule is CC.CC1(c2ccc3cccc(O)c3n2)CC1. The smallest absolute Gasteiger partial charge is 0.141 e. The lowest BCUT2D eigenvalue weighted by Gasteiger charge is -2.09. The third-order valence-corrected chi connectivity index (χ3v) is 3.32. The number of aromatic nitrogens is 1. The van der Waals surface area contributed by atoms with Crippen LogP contribution in [-0.4, -0.2) is 10.1 Å². The van der Waals surface area contributed by atoms with Crippen molar-refractivity contribution in [3.05, 3.63) is 36.0 Å². The van der Waals surface area contributed by atoms with Crippen LogP contribution in [0.1, 0.15) is 39.3 Å². The molecule has 3 rings (SSSR count). The highest BCUT2D eigenvalue weighted by atomic mass is 16.3. The molecule has 90 valence electrons. The van der Waals surface area contributed by atoms with Crippen molar-refractivity contribution in [3.63, 3.8) is 0 Å². The van der Waals surface area contributed by atoms with Crippen LogP contribution in [0.5, 0.6) is 5.75 Å². The van der Waals surface area contributed by atoms with Crippen molar-refractivity contribution in [2.24, 2.45) is 0 Å². The van der Waals surface area contributed by atoms with Gasteiger partial charge in [0.05, 0.1) is 0 Å². The van der Waals surface area contributed by atoms with E-state index in [1.54, 1.807) is 6.07 Å². The van der Waals surface area contributed by atoms with E-state index in [9.17, 15) is 5.11 Å². The van der Waals surface area contributed by atoms with Crippen molar-refractivity contribution in [2.45, 2.75) is 39.0 Å². The predicted octanol–water partition coefficient (Wildman–Crippen LogP) is 4.02. The topological polar surface area (TPSA) is 33.1 Å². The number of nitrogens with zero attached hydrogens (tertiary/aromatic N) is 1. The third kappa shape index (κ3) is 2.12. The highest BCUT2D eigenvalue weighted by Crippen LogP contribution is 2.47. The summed E-state index contributed by atoms with van der Waals surface area (Å²) in [4.78, 5) is 4.56. The average molecular weight is 229 g/mol. The van der Waals surface area contributed by atoms with E-state index in [0.717, 1.165) is 16.6 Å². The molecule has 2 aromatic rings. The minimum Gasteiger partial charge on any atom is -0.506 e. The molecule has 1 fully saturated rings. The van der Waals surface area contributed by atoms with Crippen LogP contribution in [0.15, 0.2) is 30.3 Å². The Morgan fingerprint density at radius 3 is 2.47 bits per heavy atom. The Balaban J connectivity index is 0.000000514. The zero-order valence-electron chi connectivity index (χ0n) is 10.7. The van der Waals surface area contributed by atoms with Gasteiger partial charge in [-0.05, 0) is 25.0 Å². The molecule has 1 N–H and O–H groups in total. The van der Waals surface area contributed by atoms with Gasteiger partial charge in [0.15, 0.2) is 0 Å². The minimum absolute atomic E-state index is 0.260. The summed E-state index contributed by atoms with van der Waals surface area (Å²) in [6.45, 7) is 6.22. The Hall–Kier alpha value is -1.57. The van der Waals surface area contributed by atoms with Crippen LogP contribution in [0.3, 0.4) is 0 Å². The molecule has 0 aliphatic heterocycles. The molecule has 0 bridgehead atoms. The van der Waals surface area contributed by atoms with Crippen LogP contribution < -0.4 is 0 Å². The first-order chi connectivity index (χ1) is 8.19. The molecule has 0 atom stereocenters. The van der Waals surface area contributed by atoms with Crippen molar-refractivity contribution in [2.75, 3.05) is 0 Å². The zero-order chi connectivity index (χ0) is 12.5. The maximum atomic E-state index is 9.72. The number of aromatic hydroxyl groups is 1. The fraction of sp³-hybridized carbons (Fsp3) is 0.400. The first kappa shape index (κ1) is 11.9. The van der Waals surface area contributed by atoms with E-state index in [0.29, 0.717) is 0 Å². The Morgan fingerprint density at radius 2 is 1.82 bits per heavy atom. The number of pyridine rings is 1. The van der Waals surface area contributed by atoms with Gasteiger partial charge in [0, 0.05) is 16.5 Å². The summed E-state index contributed by atoms with van der Waals surface area (Å²) in [5, 5.41) is 10.7. The van der Waals surface area contributed by atoms with Crippen molar-refractivity contribution in [1.82, 2.24) is 4.98 Å². The Morgan fingerprint density at radius 1 is 1.12 bits per heavy atom. The van der Waals surface area contributed by atoms with Gasteiger partial charge in [-0.2, -0.15) is 0 Å². The molecule has 2 nitrogen and oxygen atoms in total. The van der Waals surface area contributed by atoms with Gasteiger partial charge in [-0.3, -0.25) is 0 Å². The Kier molecular flexibility index (Phi) is 3.05. The second-order valence-corrected chi connectivity index (χ2v) is 4.61. The van der Waals surface area contributed by atoms with E-state index in [4.69, 9.17) is 0 Å². The minimum atomic E-state index is 0.260. The summed E-state index contributed by atoms with van der Waals surface area (Å²) in [6, 6.07) is 9.63. The van der Waals surface area contributed by atoms with Gasteiger partial charge in [-0.25, -0.2) is 4.98 Å². The Bertz CT molecular complexity index is 529. The number of fused-ring (bicyclic) bond motifs is 1. The lowest BCUT2D eigenvalue weighted by Crippen LogP contribution is -2.02. The second-order valence-electron chi connectivity index (χ2n) is 4.61. The van der Waals surface area contributed by atoms with Crippen molar-refractivity contribution >= 4 is 10.9 Å². The van der Waals surface area contributed by atoms with Crippen molar-refractivity contribution in [1.29, 1.82) is 0 Å². The van der Waals surface area contributed by atoms with Crippen LogP contribution >= 0.6 is 0 Å². The fourth-order valence-corrected chi connectivity index (χ4v) is 1.91. The number of hydrogen-bond donors (Lipinski definition) is 1. The summed E-state index contributed by atoms with van der Waals surface area (Å²) in [7, 11) is 0. The van der Waals surface area contributed by atoms with E-state index in [2.05, 4.69) is 18.0 Å². The molecule has 17 heavy (non-hydrogen) atoms. The van der Waals surface area contributed by atoms with Crippen LogP contribution in [0.25, 0.3) is 10.9 Å². The van der Waals surface area contributed by atoms with Gasteiger partial charge < -0.3 is 5.11 Å². The molecule has 1 aliphatic rings. The standard InChI is InChI=1S/C13H13NO.C2H6/c1-13(7-8-13)11-6-5-9-3-2-4-10(15)12(9)14-11;1-2/h2-6,15H,7-8H2,1H3;1-2H3. The molecule has 0 spiro atoms. The maximum absolute atomic E-state index is 9.72. The van der Waals surface area contributed by atoms with Gasteiger partial charge >= 0.3 is 0 Å². The maximum Gasteiger partial charge on any atom is 0.141 e. The molecule has 0 radical (unpaired) electrons. The molecule has 2 heteroatoms. The number of phenols is 1. The molecule has 0 unspecified atom stereocenters.